The Morgan fingerprint density at radius 3 is 2.70 bits per heavy atom. The quantitative estimate of drug-likeness (QED) is 0.847. The summed E-state index contributed by atoms with van der Waals surface area (Å²) in [5.41, 5.74) is 2.59. The van der Waals surface area contributed by atoms with E-state index in [1.165, 1.54) is 12.1 Å². The molecule has 2 nitrogen and oxygen atoms in total. The van der Waals surface area contributed by atoms with E-state index < -0.39 is 6.10 Å². The molecule has 0 fully saturated rings. The molecule has 0 aromatic heterocycles. The molecule has 2 aromatic rings. The molecule has 0 spiro atoms. The van der Waals surface area contributed by atoms with Crippen molar-refractivity contribution in [3.05, 3.63) is 63.9 Å². The van der Waals surface area contributed by atoms with Crippen LogP contribution in [-0.2, 0) is 0 Å². The molecule has 2 atom stereocenters. The monoisotopic (exact) mass is 292 g/mol. The molecule has 1 unspecified atom stereocenters. The molecule has 4 heteroatoms. The van der Waals surface area contributed by atoms with Gasteiger partial charge in [0.05, 0.1) is 6.10 Å². The highest BCUT2D eigenvalue weighted by Gasteiger charge is 2.29. The van der Waals surface area contributed by atoms with Crippen molar-refractivity contribution in [2.24, 2.45) is 0 Å². The number of rotatable bonds is 1. The van der Waals surface area contributed by atoms with Crippen molar-refractivity contribution in [1.82, 2.24) is 0 Å². The number of aliphatic hydroxyl groups is 1. The van der Waals surface area contributed by atoms with E-state index in [4.69, 9.17) is 16.3 Å². The van der Waals surface area contributed by atoms with Crippen LogP contribution in [0.1, 0.15) is 35.3 Å². The number of aliphatic hydroxyl groups excluding tert-OH is 1. The second-order valence-electron chi connectivity index (χ2n) is 5.04. The van der Waals surface area contributed by atoms with Crippen LogP contribution in [0.25, 0.3) is 0 Å². The summed E-state index contributed by atoms with van der Waals surface area (Å²) < 4.78 is 19.2. The normalized spacial score (nSPS) is 21.2. The van der Waals surface area contributed by atoms with Crippen LogP contribution in [0.15, 0.2) is 36.4 Å². The lowest BCUT2D eigenvalue weighted by Crippen LogP contribution is -2.19. The van der Waals surface area contributed by atoms with E-state index in [2.05, 4.69) is 0 Å². The third kappa shape index (κ3) is 2.39. The van der Waals surface area contributed by atoms with Gasteiger partial charge in [0.2, 0.25) is 0 Å². The topological polar surface area (TPSA) is 29.5 Å². The molecular formula is C16H14ClFO2. The van der Waals surface area contributed by atoms with Crippen LogP contribution in [0.3, 0.4) is 0 Å². The summed E-state index contributed by atoms with van der Waals surface area (Å²) in [6.07, 6.45) is -0.503. The molecule has 0 amide bonds. The van der Waals surface area contributed by atoms with Gasteiger partial charge in [-0.3, -0.25) is 0 Å². The third-order valence-electron chi connectivity index (χ3n) is 3.62. The van der Waals surface area contributed by atoms with E-state index in [-0.39, 0.29) is 11.9 Å². The van der Waals surface area contributed by atoms with Gasteiger partial charge in [-0.15, -0.1) is 0 Å². The average Bonchev–Trinajstić information content (AvgIpc) is 2.37. The molecule has 1 aliphatic heterocycles. The van der Waals surface area contributed by atoms with Crippen LogP contribution in [0, 0.1) is 12.7 Å². The zero-order chi connectivity index (χ0) is 14.3. The fraction of sp³-hybridized carbons (Fsp3) is 0.250. The number of halogens is 2. The number of ether oxygens (including phenoxy) is 1. The van der Waals surface area contributed by atoms with Crippen LogP contribution >= 0.6 is 11.6 Å². The van der Waals surface area contributed by atoms with Crippen molar-refractivity contribution in [3.63, 3.8) is 0 Å². The molecule has 20 heavy (non-hydrogen) atoms. The molecule has 104 valence electrons. The predicted molar refractivity (Wildman–Crippen MR) is 75.5 cm³/mol. The minimum atomic E-state index is -0.653. The van der Waals surface area contributed by atoms with Crippen molar-refractivity contribution in [2.45, 2.75) is 25.6 Å². The first-order chi connectivity index (χ1) is 9.54. The largest absolute Gasteiger partial charge is 0.485 e. The van der Waals surface area contributed by atoms with E-state index in [0.717, 1.165) is 11.1 Å². The maximum atomic E-state index is 13.3. The zero-order valence-electron chi connectivity index (χ0n) is 10.9. The van der Waals surface area contributed by atoms with Crippen molar-refractivity contribution >= 4 is 11.6 Å². The fourth-order valence-electron chi connectivity index (χ4n) is 2.61. The Hall–Kier alpha value is -1.58. The first kappa shape index (κ1) is 13.4. The van der Waals surface area contributed by atoms with E-state index in [9.17, 15) is 9.50 Å². The first-order valence-corrected chi connectivity index (χ1v) is 6.82. The molecule has 1 heterocycles. The Labute approximate surface area is 121 Å². The molecule has 1 aliphatic rings. The number of benzene rings is 2. The lowest BCUT2D eigenvalue weighted by molar-refractivity contribution is 0.0651. The molecule has 0 saturated carbocycles. The Morgan fingerprint density at radius 1 is 1.20 bits per heavy atom. The zero-order valence-corrected chi connectivity index (χ0v) is 11.7. The van der Waals surface area contributed by atoms with Crippen LogP contribution < -0.4 is 4.74 Å². The summed E-state index contributed by atoms with van der Waals surface area (Å²) >= 11 is 5.95. The van der Waals surface area contributed by atoms with Gasteiger partial charge in [-0.2, -0.15) is 0 Å². The van der Waals surface area contributed by atoms with Gasteiger partial charge >= 0.3 is 0 Å². The Balaban J connectivity index is 1.98. The summed E-state index contributed by atoms with van der Waals surface area (Å²) in [5, 5.41) is 10.9. The second kappa shape index (κ2) is 5.08. The van der Waals surface area contributed by atoms with E-state index in [1.807, 2.05) is 19.1 Å². The highest BCUT2D eigenvalue weighted by molar-refractivity contribution is 6.30. The number of hydrogen-bond acceptors (Lipinski definition) is 2. The van der Waals surface area contributed by atoms with Gasteiger partial charge in [0.15, 0.2) is 0 Å². The lowest BCUT2D eigenvalue weighted by atomic mass is 9.93. The predicted octanol–water partition coefficient (Wildman–Crippen LogP) is 4.34. The van der Waals surface area contributed by atoms with Crippen LogP contribution in [-0.4, -0.2) is 5.11 Å². The highest BCUT2D eigenvalue weighted by Crippen LogP contribution is 2.41. The summed E-state index contributed by atoms with van der Waals surface area (Å²) in [4.78, 5) is 0. The smallest absolute Gasteiger partial charge is 0.128 e. The van der Waals surface area contributed by atoms with Gasteiger partial charge in [-0.05, 0) is 42.3 Å². The van der Waals surface area contributed by atoms with Crippen molar-refractivity contribution < 1.29 is 14.2 Å². The Bertz CT molecular complexity index is 657. The summed E-state index contributed by atoms with van der Waals surface area (Å²) in [6.45, 7) is 1.94. The standard InChI is InChI=1S/C16H14ClFO2/c1-9-6-10(17)2-4-12(9)16-8-14(19)13-5-3-11(18)7-15(13)20-16/h2-7,14,16,19H,8H2,1H3/t14-,16?/m0/s1. The van der Waals surface area contributed by atoms with E-state index in [1.54, 1.807) is 12.1 Å². The lowest BCUT2D eigenvalue weighted by Gasteiger charge is -2.30. The number of hydrogen-bond donors (Lipinski definition) is 1. The Kier molecular flexibility index (Phi) is 3.40. The molecular weight excluding hydrogens is 279 g/mol. The SMILES string of the molecule is Cc1cc(Cl)ccc1C1C[C@H](O)c2ccc(F)cc2O1. The van der Waals surface area contributed by atoms with Gasteiger partial charge in [0.25, 0.3) is 0 Å². The van der Waals surface area contributed by atoms with Crippen molar-refractivity contribution in [3.8, 4) is 5.75 Å². The maximum absolute atomic E-state index is 13.3. The highest BCUT2D eigenvalue weighted by atomic mass is 35.5. The second-order valence-corrected chi connectivity index (χ2v) is 5.48. The van der Waals surface area contributed by atoms with E-state index in [0.29, 0.717) is 22.8 Å². The van der Waals surface area contributed by atoms with Gasteiger partial charge in [0.1, 0.15) is 17.7 Å². The molecule has 3 rings (SSSR count). The summed E-state index contributed by atoms with van der Waals surface area (Å²) in [7, 11) is 0. The Morgan fingerprint density at radius 2 is 1.95 bits per heavy atom. The summed E-state index contributed by atoms with van der Waals surface area (Å²) in [6, 6.07) is 9.75. The van der Waals surface area contributed by atoms with Crippen LogP contribution in [0.2, 0.25) is 5.02 Å². The third-order valence-corrected chi connectivity index (χ3v) is 3.85. The van der Waals surface area contributed by atoms with Crippen molar-refractivity contribution in [2.75, 3.05) is 0 Å². The van der Waals surface area contributed by atoms with Crippen LogP contribution in [0.5, 0.6) is 5.75 Å². The minimum Gasteiger partial charge on any atom is -0.485 e. The molecule has 0 radical (unpaired) electrons. The van der Waals surface area contributed by atoms with Gasteiger partial charge in [0, 0.05) is 23.1 Å². The maximum Gasteiger partial charge on any atom is 0.128 e. The first-order valence-electron chi connectivity index (χ1n) is 6.45. The molecule has 0 saturated heterocycles. The number of aryl methyl sites for hydroxylation is 1. The molecule has 0 aliphatic carbocycles. The van der Waals surface area contributed by atoms with Crippen molar-refractivity contribution in [1.29, 1.82) is 0 Å². The minimum absolute atomic E-state index is 0.295. The average molecular weight is 293 g/mol. The van der Waals surface area contributed by atoms with Gasteiger partial charge in [-0.25, -0.2) is 4.39 Å². The van der Waals surface area contributed by atoms with E-state index >= 15 is 0 Å². The molecule has 2 aromatic carbocycles. The summed E-state index contributed by atoms with van der Waals surface area (Å²) in [5.74, 6) is 0.0347. The van der Waals surface area contributed by atoms with Gasteiger partial charge in [-0.1, -0.05) is 17.7 Å². The molecule has 1 N–H and O–H groups in total. The fourth-order valence-corrected chi connectivity index (χ4v) is 2.83. The van der Waals surface area contributed by atoms with Crippen LogP contribution in [0.4, 0.5) is 4.39 Å². The number of fused-ring (bicyclic) bond motifs is 1. The molecule has 0 bridgehead atoms. The van der Waals surface area contributed by atoms with Gasteiger partial charge < -0.3 is 9.84 Å².